The van der Waals surface area contributed by atoms with Crippen LogP contribution in [0.5, 0.6) is 0 Å². The maximum absolute atomic E-state index is 13.2. The maximum atomic E-state index is 13.2. The van der Waals surface area contributed by atoms with Crippen LogP contribution in [0.4, 0.5) is 0 Å². The molecule has 0 radical (unpaired) electrons. The molecule has 0 spiro atoms. The number of fused-ring (bicyclic) bond motifs is 1. The molecule has 0 aliphatic carbocycles. The molecule has 0 atom stereocenters. The maximum Gasteiger partial charge on any atom is 0.252 e. The van der Waals surface area contributed by atoms with Crippen molar-refractivity contribution in [3.63, 3.8) is 0 Å². The number of nitrogens with zero attached hydrogens (tertiary/aromatic N) is 1. The Morgan fingerprint density at radius 2 is 1.69 bits per heavy atom. The molecule has 0 saturated heterocycles. The minimum Gasteiger partial charge on any atom is -0.348 e. The summed E-state index contributed by atoms with van der Waals surface area (Å²) in [6, 6.07) is 22.8. The van der Waals surface area contributed by atoms with Crippen LogP contribution in [0.3, 0.4) is 0 Å². The van der Waals surface area contributed by atoms with Crippen molar-refractivity contribution in [1.82, 2.24) is 10.3 Å². The Bertz CT molecular complexity index is 1210. The highest BCUT2D eigenvalue weighted by Gasteiger charge is 2.19. The monoisotopic (exact) mass is 420 g/mol. The molecule has 0 bridgehead atoms. The summed E-state index contributed by atoms with van der Waals surface area (Å²) in [7, 11) is 0. The highest BCUT2D eigenvalue weighted by molar-refractivity contribution is 6.35. The van der Waals surface area contributed by atoms with Crippen LogP contribution in [0.1, 0.15) is 21.5 Å². The predicted octanol–water partition coefficient (Wildman–Crippen LogP) is 6.45. The molecule has 1 aromatic heterocycles. The van der Waals surface area contributed by atoms with Crippen molar-refractivity contribution < 1.29 is 4.79 Å². The Morgan fingerprint density at radius 1 is 0.966 bits per heavy atom. The third kappa shape index (κ3) is 3.98. The number of rotatable bonds is 4. The molecular weight excluding hydrogens is 403 g/mol. The van der Waals surface area contributed by atoms with Gasteiger partial charge in [-0.15, -0.1) is 0 Å². The van der Waals surface area contributed by atoms with Gasteiger partial charge in [0.25, 0.3) is 5.91 Å². The summed E-state index contributed by atoms with van der Waals surface area (Å²) in [6.07, 6.45) is 0. The fourth-order valence-electron chi connectivity index (χ4n) is 3.41. The number of carbonyl (C=O) groups is 1. The molecule has 1 amide bonds. The van der Waals surface area contributed by atoms with Crippen molar-refractivity contribution in [3.05, 3.63) is 99.5 Å². The van der Waals surface area contributed by atoms with Crippen LogP contribution in [0.15, 0.2) is 72.8 Å². The van der Waals surface area contributed by atoms with Gasteiger partial charge in [0.1, 0.15) is 0 Å². The van der Waals surface area contributed by atoms with Gasteiger partial charge in [-0.2, -0.15) is 0 Å². The lowest BCUT2D eigenvalue weighted by Gasteiger charge is -2.15. The number of aromatic nitrogens is 1. The van der Waals surface area contributed by atoms with Crippen molar-refractivity contribution in [3.8, 4) is 11.3 Å². The van der Waals surface area contributed by atoms with E-state index in [9.17, 15) is 4.79 Å². The molecule has 5 heteroatoms. The zero-order chi connectivity index (χ0) is 20.4. The first-order valence-electron chi connectivity index (χ1n) is 9.21. The normalized spacial score (nSPS) is 10.9. The second kappa shape index (κ2) is 8.24. The van der Waals surface area contributed by atoms with Gasteiger partial charge in [0.05, 0.1) is 16.8 Å². The van der Waals surface area contributed by atoms with Gasteiger partial charge in [-0.1, -0.05) is 77.8 Å². The second-order valence-electron chi connectivity index (χ2n) is 6.76. The van der Waals surface area contributed by atoms with E-state index in [-0.39, 0.29) is 5.91 Å². The van der Waals surface area contributed by atoms with Crippen LogP contribution in [0.2, 0.25) is 10.0 Å². The summed E-state index contributed by atoms with van der Waals surface area (Å²) in [5.74, 6) is -0.163. The first-order valence-corrected chi connectivity index (χ1v) is 9.97. The van der Waals surface area contributed by atoms with Crippen LogP contribution in [0, 0.1) is 6.92 Å². The van der Waals surface area contributed by atoms with Gasteiger partial charge in [-0.05, 0) is 36.2 Å². The number of nitrogens with one attached hydrogen (secondary N) is 1. The molecule has 3 aromatic carbocycles. The van der Waals surface area contributed by atoms with Crippen molar-refractivity contribution in [2.45, 2.75) is 13.5 Å². The SMILES string of the molecule is Cc1c(-c2ccccc2)nc2ccccc2c1C(=O)NCc1ccc(Cl)cc1Cl. The topological polar surface area (TPSA) is 42.0 Å². The van der Waals surface area contributed by atoms with Gasteiger partial charge in [0.15, 0.2) is 0 Å². The van der Waals surface area contributed by atoms with Crippen LogP contribution >= 0.6 is 23.2 Å². The number of halogens is 2. The van der Waals surface area contributed by atoms with Gasteiger partial charge in [-0.25, -0.2) is 4.98 Å². The third-order valence-electron chi connectivity index (χ3n) is 4.86. The summed E-state index contributed by atoms with van der Waals surface area (Å²) in [4.78, 5) is 18.0. The molecular formula is C24H18Cl2N2O. The van der Waals surface area contributed by atoms with E-state index in [1.165, 1.54) is 0 Å². The number of hydrogen-bond acceptors (Lipinski definition) is 2. The Balaban J connectivity index is 1.75. The van der Waals surface area contributed by atoms with Crippen LogP contribution in [-0.4, -0.2) is 10.9 Å². The molecule has 0 fully saturated rings. The first kappa shape index (κ1) is 19.4. The molecule has 0 aliphatic rings. The summed E-state index contributed by atoms with van der Waals surface area (Å²) in [5, 5.41) is 4.91. The molecule has 0 aliphatic heterocycles. The molecule has 4 aromatic rings. The molecule has 144 valence electrons. The van der Waals surface area contributed by atoms with Crippen LogP contribution in [-0.2, 0) is 6.54 Å². The third-order valence-corrected chi connectivity index (χ3v) is 5.45. The predicted molar refractivity (Wildman–Crippen MR) is 120 cm³/mol. The van der Waals surface area contributed by atoms with E-state index in [0.717, 1.165) is 33.3 Å². The quantitative estimate of drug-likeness (QED) is 0.412. The lowest BCUT2D eigenvalue weighted by molar-refractivity contribution is 0.0952. The van der Waals surface area contributed by atoms with Gasteiger partial charge >= 0.3 is 0 Å². The van der Waals surface area contributed by atoms with E-state index in [1.807, 2.05) is 67.6 Å². The van der Waals surface area contributed by atoms with Gasteiger partial charge in [0.2, 0.25) is 0 Å². The van der Waals surface area contributed by atoms with E-state index >= 15 is 0 Å². The summed E-state index contributed by atoms with van der Waals surface area (Å²) in [5.41, 5.74) is 4.84. The fraction of sp³-hybridized carbons (Fsp3) is 0.0833. The highest BCUT2D eigenvalue weighted by atomic mass is 35.5. The average Bonchev–Trinajstić information content (AvgIpc) is 2.73. The van der Waals surface area contributed by atoms with Crippen molar-refractivity contribution >= 4 is 40.0 Å². The molecule has 0 unspecified atom stereocenters. The van der Waals surface area contributed by atoms with Gasteiger partial charge in [-0.3, -0.25) is 4.79 Å². The van der Waals surface area contributed by atoms with Crippen molar-refractivity contribution in [2.24, 2.45) is 0 Å². The van der Waals surface area contributed by atoms with E-state index in [1.54, 1.807) is 12.1 Å². The Kier molecular flexibility index (Phi) is 5.52. The summed E-state index contributed by atoms with van der Waals surface area (Å²) < 4.78 is 0. The molecule has 1 N–H and O–H groups in total. The highest BCUT2D eigenvalue weighted by Crippen LogP contribution is 2.30. The summed E-state index contributed by atoms with van der Waals surface area (Å²) in [6.45, 7) is 2.25. The molecule has 29 heavy (non-hydrogen) atoms. The molecule has 3 nitrogen and oxygen atoms in total. The summed E-state index contributed by atoms with van der Waals surface area (Å²) >= 11 is 12.2. The molecule has 1 heterocycles. The molecule has 4 rings (SSSR count). The first-order chi connectivity index (χ1) is 14.0. The fourth-order valence-corrected chi connectivity index (χ4v) is 3.88. The number of benzene rings is 3. The number of carbonyl (C=O) groups excluding carboxylic acids is 1. The van der Waals surface area contributed by atoms with Crippen LogP contribution < -0.4 is 5.32 Å². The number of pyridine rings is 1. The smallest absolute Gasteiger partial charge is 0.252 e. The Morgan fingerprint density at radius 3 is 2.45 bits per heavy atom. The average molecular weight is 421 g/mol. The lowest BCUT2D eigenvalue weighted by Crippen LogP contribution is -2.24. The molecule has 0 saturated carbocycles. The van der Waals surface area contributed by atoms with Crippen LogP contribution in [0.25, 0.3) is 22.2 Å². The lowest BCUT2D eigenvalue weighted by atomic mass is 9.97. The second-order valence-corrected chi connectivity index (χ2v) is 7.61. The Labute approximate surface area is 179 Å². The van der Waals surface area contributed by atoms with Crippen molar-refractivity contribution in [2.75, 3.05) is 0 Å². The van der Waals surface area contributed by atoms with E-state index in [0.29, 0.717) is 22.2 Å². The number of amides is 1. The zero-order valence-corrected chi connectivity index (χ0v) is 17.3. The van der Waals surface area contributed by atoms with E-state index in [4.69, 9.17) is 28.2 Å². The number of para-hydroxylation sites is 1. The standard InChI is InChI=1S/C24H18Cl2N2O/c1-15-22(24(29)27-14-17-11-12-18(25)13-20(17)26)19-9-5-6-10-21(19)28-23(15)16-7-3-2-4-8-16/h2-13H,14H2,1H3,(H,27,29). The van der Waals surface area contributed by atoms with E-state index < -0.39 is 0 Å². The minimum atomic E-state index is -0.163. The largest absolute Gasteiger partial charge is 0.348 e. The van der Waals surface area contributed by atoms with Gasteiger partial charge < -0.3 is 5.32 Å². The zero-order valence-electron chi connectivity index (χ0n) is 15.7. The number of hydrogen-bond donors (Lipinski definition) is 1. The van der Waals surface area contributed by atoms with Gasteiger partial charge in [0, 0.05) is 27.5 Å². The van der Waals surface area contributed by atoms with E-state index in [2.05, 4.69) is 5.32 Å². The van der Waals surface area contributed by atoms with Crippen molar-refractivity contribution in [1.29, 1.82) is 0 Å². The Hall–Kier alpha value is -2.88. The minimum absolute atomic E-state index is 0.163.